The molecular formula is C12H13N3O. The number of hydrogen-bond acceptors (Lipinski definition) is 3. The standard InChI is InChI=1S/C12H13N3O/c1-2-14-12-9-6-4-3-5-8(9)7-10(15-12)11(13)16/h3-7H,2H2,1H3,(H2,13,16)(H,14,15). The molecule has 0 saturated carbocycles. The molecule has 0 saturated heterocycles. The fourth-order valence-corrected chi connectivity index (χ4v) is 1.63. The topological polar surface area (TPSA) is 68.0 Å². The van der Waals surface area contributed by atoms with Crippen LogP contribution in [-0.2, 0) is 0 Å². The number of aromatic nitrogens is 1. The van der Waals surface area contributed by atoms with Gasteiger partial charge in [0, 0.05) is 11.9 Å². The quantitative estimate of drug-likeness (QED) is 0.819. The number of anilines is 1. The van der Waals surface area contributed by atoms with Gasteiger partial charge >= 0.3 is 0 Å². The van der Waals surface area contributed by atoms with Crippen LogP contribution in [0.1, 0.15) is 17.4 Å². The van der Waals surface area contributed by atoms with Crippen molar-refractivity contribution in [2.75, 3.05) is 11.9 Å². The molecule has 3 N–H and O–H groups in total. The van der Waals surface area contributed by atoms with Crippen LogP contribution in [0, 0.1) is 0 Å². The monoisotopic (exact) mass is 215 g/mol. The molecule has 0 aliphatic rings. The fourth-order valence-electron chi connectivity index (χ4n) is 1.63. The minimum absolute atomic E-state index is 0.287. The van der Waals surface area contributed by atoms with Gasteiger partial charge in [-0.05, 0) is 18.4 Å². The molecule has 0 aliphatic carbocycles. The highest BCUT2D eigenvalue weighted by Crippen LogP contribution is 2.22. The van der Waals surface area contributed by atoms with Crippen molar-refractivity contribution >= 4 is 22.5 Å². The van der Waals surface area contributed by atoms with Gasteiger partial charge in [0.1, 0.15) is 11.5 Å². The molecule has 0 bridgehead atoms. The molecule has 1 amide bonds. The zero-order valence-corrected chi connectivity index (χ0v) is 9.03. The highest BCUT2D eigenvalue weighted by Gasteiger charge is 2.08. The second kappa shape index (κ2) is 4.18. The molecule has 0 spiro atoms. The SMILES string of the molecule is CCNc1nc(C(N)=O)cc2ccccc12. The van der Waals surface area contributed by atoms with E-state index in [2.05, 4.69) is 10.3 Å². The summed E-state index contributed by atoms with van der Waals surface area (Å²) in [6.45, 7) is 2.73. The van der Waals surface area contributed by atoms with Crippen molar-refractivity contribution in [1.82, 2.24) is 4.98 Å². The summed E-state index contributed by atoms with van der Waals surface area (Å²) in [4.78, 5) is 15.3. The first kappa shape index (κ1) is 10.4. The first-order valence-electron chi connectivity index (χ1n) is 5.16. The van der Waals surface area contributed by atoms with Gasteiger partial charge in [0.15, 0.2) is 0 Å². The number of hydrogen-bond donors (Lipinski definition) is 2. The van der Waals surface area contributed by atoms with Crippen molar-refractivity contribution < 1.29 is 4.79 Å². The third-order valence-corrected chi connectivity index (χ3v) is 2.34. The Morgan fingerprint density at radius 3 is 2.88 bits per heavy atom. The normalized spacial score (nSPS) is 10.3. The van der Waals surface area contributed by atoms with E-state index >= 15 is 0 Å². The lowest BCUT2D eigenvalue weighted by Gasteiger charge is -2.08. The highest BCUT2D eigenvalue weighted by atomic mass is 16.1. The molecule has 0 aliphatic heterocycles. The largest absolute Gasteiger partial charge is 0.370 e. The fraction of sp³-hybridized carbons (Fsp3) is 0.167. The lowest BCUT2D eigenvalue weighted by atomic mass is 10.1. The minimum Gasteiger partial charge on any atom is -0.370 e. The molecule has 0 fully saturated rings. The average Bonchev–Trinajstić information content (AvgIpc) is 2.29. The number of amides is 1. The van der Waals surface area contributed by atoms with Gasteiger partial charge in [0.25, 0.3) is 5.91 Å². The van der Waals surface area contributed by atoms with Crippen LogP contribution in [-0.4, -0.2) is 17.4 Å². The van der Waals surface area contributed by atoms with Gasteiger partial charge in [-0.3, -0.25) is 4.79 Å². The van der Waals surface area contributed by atoms with Gasteiger partial charge in [0.05, 0.1) is 0 Å². The third kappa shape index (κ3) is 1.82. The number of fused-ring (bicyclic) bond motifs is 1. The van der Waals surface area contributed by atoms with Crippen LogP contribution in [0.3, 0.4) is 0 Å². The third-order valence-electron chi connectivity index (χ3n) is 2.34. The van der Waals surface area contributed by atoms with E-state index in [0.717, 1.165) is 17.3 Å². The molecule has 0 radical (unpaired) electrons. The van der Waals surface area contributed by atoms with E-state index in [4.69, 9.17) is 5.73 Å². The van der Waals surface area contributed by atoms with E-state index < -0.39 is 5.91 Å². The summed E-state index contributed by atoms with van der Waals surface area (Å²) in [7, 11) is 0. The van der Waals surface area contributed by atoms with Gasteiger partial charge < -0.3 is 11.1 Å². The zero-order chi connectivity index (χ0) is 11.5. The molecule has 1 aromatic carbocycles. The molecule has 2 rings (SSSR count). The van der Waals surface area contributed by atoms with Crippen LogP contribution in [0.25, 0.3) is 10.8 Å². The summed E-state index contributed by atoms with van der Waals surface area (Å²) in [6.07, 6.45) is 0. The van der Waals surface area contributed by atoms with E-state index in [0.29, 0.717) is 5.82 Å². The average molecular weight is 215 g/mol. The number of nitrogens with two attached hydrogens (primary N) is 1. The van der Waals surface area contributed by atoms with Gasteiger partial charge in [-0.1, -0.05) is 24.3 Å². The molecule has 2 aromatic rings. The van der Waals surface area contributed by atoms with Crippen molar-refractivity contribution in [3.63, 3.8) is 0 Å². The maximum absolute atomic E-state index is 11.1. The maximum Gasteiger partial charge on any atom is 0.267 e. The summed E-state index contributed by atoms with van der Waals surface area (Å²) < 4.78 is 0. The molecule has 4 nitrogen and oxygen atoms in total. The predicted molar refractivity (Wildman–Crippen MR) is 64.4 cm³/mol. The van der Waals surface area contributed by atoms with Crippen LogP contribution in [0.2, 0.25) is 0 Å². The van der Waals surface area contributed by atoms with Crippen molar-refractivity contribution in [3.05, 3.63) is 36.0 Å². The zero-order valence-electron chi connectivity index (χ0n) is 9.03. The number of benzene rings is 1. The van der Waals surface area contributed by atoms with Crippen LogP contribution in [0.15, 0.2) is 30.3 Å². The van der Waals surface area contributed by atoms with Gasteiger partial charge in [-0.2, -0.15) is 0 Å². The lowest BCUT2D eigenvalue weighted by molar-refractivity contribution is 0.0996. The Balaban J connectivity index is 2.68. The Morgan fingerprint density at radius 1 is 1.44 bits per heavy atom. The number of carbonyl (C=O) groups is 1. The summed E-state index contributed by atoms with van der Waals surface area (Å²) >= 11 is 0. The van der Waals surface area contributed by atoms with Crippen LogP contribution in [0.5, 0.6) is 0 Å². The molecule has 0 unspecified atom stereocenters. The Hall–Kier alpha value is -2.10. The Morgan fingerprint density at radius 2 is 2.19 bits per heavy atom. The van der Waals surface area contributed by atoms with Gasteiger partial charge in [0.2, 0.25) is 0 Å². The maximum atomic E-state index is 11.1. The highest BCUT2D eigenvalue weighted by molar-refractivity contribution is 5.99. The van der Waals surface area contributed by atoms with Crippen LogP contribution >= 0.6 is 0 Å². The second-order valence-corrected chi connectivity index (χ2v) is 3.47. The second-order valence-electron chi connectivity index (χ2n) is 3.47. The Labute approximate surface area is 93.5 Å². The van der Waals surface area contributed by atoms with Crippen molar-refractivity contribution in [2.24, 2.45) is 5.73 Å². The van der Waals surface area contributed by atoms with E-state index in [-0.39, 0.29) is 5.69 Å². The summed E-state index contributed by atoms with van der Waals surface area (Å²) in [6, 6.07) is 9.46. The van der Waals surface area contributed by atoms with Crippen LogP contribution < -0.4 is 11.1 Å². The molecule has 1 aromatic heterocycles. The molecule has 4 heteroatoms. The summed E-state index contributed by atoms with van der Waals surface area (Å²) in [5, 5.41) is 5.08. The minimum atomic E-state index is -0.509. The van der Waals surface area contributed by atoms with E-state index in [1.165, 1.54) is 0 Å². The number of nitrogens with zero attached hydrogens (tertiary/aromatic N) is 1. The molecule has 82 valence electrons. The Bertz CT molecular complexity index is 537. The van der Waals surface area contributed by atoms with Crippen molar-refractivity contribution in [2.45, 2.75) is 6.92 Å². The summed E-state index contributed by atoms with van der Waals surface area (Å²) in [5.74, 6) is 0.194. The predicted octanol–water partition coefficient (Wildman–Crippen LogP) is 1.77. The van der Waals surface area contributed by atoms with Gasteiger partial charge in [-0.15, -0.1) is 0 Å². The van der Waals surface area contributed by atoms with Gasteiger partial charge in [-0.25, -0.2) is 4.98 Å². The smallest absolute Gasteiger partial charge is 0.267 e. The van der Waals surface area contributed by atoms with E-state index in [9.17, 15) is 4.79 Å². The van der Waals surface area contributed by atoms with E-state index in [1.807, 2.05) is 31.2 Å². The number of rotatable bonds is 3. The summed E-state index contributed by atoms with van der Waals surface area (Å²) in [5.41, 5.74) is 5.53. The molecular weight excluding hydrogens is 202 g/mol. The van der Waals surface area contributed by atoms with Crippen molar-refractivity contribution in [1.29, 1.82) is 0 Å². The number of primary amides is 1. The molecule has 0 atom stereocenters. The first-order valence-corrected chi connectivity index (χ1v) is 5.16. The van der Waals surface area contributed by atoms with E-state index in [1.54, 1.807) is 6.07 Å². The molecule has 1 heterocycles. The Kier molecular flexibility index (Phi) is 2.72. The first-order chi connectivity index (χ1) is 7.72. The molecule has 16 heavy (non-hydrogen) atoms. The van der Waals surface area contributed by atoms with Crippen LogP contribution in [0.4, 0.5) is 5.82 Å². The number of pyridine rings is 1. The lowest BCUT2D eigenvalue weighted by Crippen LogP contribution is -2.14. The number of nitrogens with one attached hydrogen (secondary N) is 1. The number of carbonyl (C=O) groups excluding carboxylic acids is 1. The van der Waals surface area contributed by atoms with Crippen molar-refractivity contribution in [3.8, 4) is 0 Å².